The summed E-state index contributed by atoms with van der Waals surface area (Å²) >= 11 is 0. The zero-order chi connectivity index (χ0) is 21.9. The molecule has 0 aliphatic heterocycles. The van der Waals surface area contributed by atoms with Crippen molar-refractivity contribution in [3.05, 3.63) is 64.7 Å². The fourth-order valence-corrected chi connectivity index (χ4v) is 4.22. The van der Waals surface area contributed by atoms with E-state index in [1.807, 2.05) is 6.07 Å². The van der Waals surface area contributed by atoms with Crippen molar-refractivity contribution in [2.45, 2.75) is 89.4 Å². The minimum absolute atomic E-state index is 0.0219. The van der Waals surface area contributed by atoms with Gasteiger partial charge in [0.1, 0.15) is 0 Å². The molecule has 0 heterocycles. The lowest BCUT2D eigenvalue weighted by Crippen LogP contribution is -2.20. The summed E-state index contributed by atoms with van der Waals surface area (Å²) in [7, 11) is -4.19. The average Bonchev–Trinajstić information content (AvgIpc) is 2.67. The maximum absolute atomic E-state index is 11.6. The van der Waals surface area contributed by atoms with E-state index in [2.05, 4.69) is 59.7 Å². The van der Waals surface area contributed by atoms with Crippen molar-refractivity contribution in [2.75, 3.05) is 0 Å². The van der Waals surface area contributed by atoms with E-state index in [1.165, 1.54) is 22.8 Å². The first-order valence-corrected chi connectivity index (χ1v) is 12.0. The summed E-state index contributed by atoms with van der Waals surface area (Å²) in [5.41, 5.74) is 4.94. The highest BCUT2D eigenvalue weighted by Crippen LogP contribution is 2.34. The number of aryl methyl sites for hydroxylation is 2. The molecule has 3 nitrogen and oxygen atoms in total. The molecule has 160 valence electrons. The minimum atomic E-state index is -4.19. The highest BCUT2D eigenvalue weighted by atomic mass is 32.2. The van der Waals surface area contributed by atoms with Gasteiger partial charge in [0.15, 0.2) is 0 Å². The topological polar surface area (TPSA) is 54.4 Å². The summed E-state index contributed by atoms with van der Waals surface area (Å²) in [6.45, 7) is 13.6. The number of hydrogen-bond donors (Lipinski definition) is 1. The van der Waals surface area contributed by atoms with Crippen molar-refractivity contribution in [1.82, 2.24) is 0 Å². The van der Waals surface area contributed by atoms with Gasteiger partial charge in [-0.25, -0.2) is 0 Å². The van der Waals surface area contributed by atoms with Crippen LogP contribution in [0.1, 0.15) is 83.1 Å². The molecular weight excluding hydrogens is 380 g/mol. The van der Waals surface area contributed by atoms with Gasteiger partial charge >= 0.3 is 0 Å². The van der Waals surface area contributed by atoms with Crippen LogP contribution in [0.2, 0.25) is 0 Å². The molecule has 29 heavy (non-hydrogen) atoms. The molecule has 1 N–H and O–H groups in total. The third kappa shape index (κ3) is 5.93. The standard InChI is InChI=1S/C25H36O3S/c1-7-24(3,4)21-16-19(17-22(18-21)25(5,6)8-2)12-11-14-20-13-9-10-15-23(20)29(26,27)28/h9-10,13,15-18H,7-8,11-12,14H2,1-6H3,(H,26,27,28). The monoisotopic (exact) mass is 416 g/mol. The molecule has 2 rings (SSSR count). The van der Waals surface area contributed by atoms with Crippen molar-refractivity contribution < 1.29 is 13.0 Å². The highest BCUT2D eigenvalue weighted by Gasteiger charge is 2.24. The fourth-order valence-electron chi connectivity index (χ4n) is 3.47. The molecule has 0 spiro atoms. The van der Waals surface area contributed by atoms with Crippen LogP contribution >= 0.6 is 0 Å². The zero-order valence-corrected chi connectivity index (χ0v) is 19.6. The smallest absolute Gasteiger partial charge is 0.282 e. The van der Waals surface area contributed by atoms with Gasteiger partial charge in [0, 0.05) is 0 Å². The number of benzene rings is 2. The second kappa shape index (κ2) is 9.01. The van der Waals surface area contributed by atoms with Gasteiger partial charge in [-0.05, 0) is 71.3 Å². The first-order valence-electron chi connectivity index (χ1n) is 10.6. The molecule has 0 saturated heterocycles. The second-order valence-corrected chi connectivity index (χ2v) is 10.7. The van der Waals surface area contributed by atoms with Crippen LogP contribution in [-0.4, -0.2) is 13.0 Å². The molecule has 0 aromatic heterocycles. The molecule has 0 amide bonds. The van der Waals surface area contributed by atoms with Crippen molar-refractivity contribution in [3.63, 3.8) is 0 Å². The van der Waals surface area contributed by atoms with E-state index >= 15 is 0 Å². The van der Waals surface area contributed by atoms with Gasteiger partial charge in [0.05, 0.1) is 4.90 Å². The van der Waals surface area contributed by atoms with Gasteiger partial charge in [0.25, 0.3) is 10.1 Å². The van der Waals surface area contributed by atoms with Crippen LogP contribution in [0.3, 0.4) is 0 Å². The van der Waals surface area contributed by atoms with Gasteiger partial charge < -0.3 is 0 Å². The molecule has 2 aromatic rings. The molecule has 0 unspecified atom stereocenters. The Kier molecular flexibility index (Phi) is 7.34. The van der Waals surface area contributed by atoms with Crippen LogP contribution < -0.4 is 0 Å². The molecule has 0 atom stereocenters. The Balaban J connectivity index is 2.29. The summed E-state index contributed by atoms with van der Waals surface area (Å²) in [4.78, 5) is 0.0219. The average molecular weight is 417 g/mol. The van der Waals surface area contributed by atoms with Gasteiger partial charge in [0.2, 0.25) is 0 Å². The van der Waals surface area contributed by atoms with E-state index in [4.69, 9.17) is 0 Å². The van der Waals surface area contributed by atoms with Crippen LogP contribution in [-0.2, 0) is 33.8 Å². The first kappa shape index (κ1) is 23.6. The molecule has 0 fully saturated rings. The van der Waals surface area contributed by atoms with Crippen molar-refractivity contribution in [3.8, 4) is 0 Å². The van der Waals surface area contributed by atoms with Crippen LogP contribution in [0, 0.1) is 0 Å². The van der Waals surface area contributed by atoms with Gasteiger partial charge in [-0.2, -0.15) is 8.42 Å². The van der Waals surface area contributed by atoms with Crippen molar-refractivity contribution in [1.29, 1.82) is 0 Å². The molecule has 0 radical (unpaired) electrons. The SMILES string of the molecule is CCC(C)(C)c1cc(CCCc2ccccc2S(=O)(=O)O)cc(C(C)(C)CC)c1. The van der Waals surface area contributed by atoms with Gasteiger partial charge in [-0.3, -0.25) is 4.55 Å². The third-order valence-corrected chi connectivity index (χ3v) is 7.44. The minimum Gasteiger partial charge on any atom is -0.282 e. The van der Waals surface area contributed by atoms with Crippen molar-refractivity contribution >= 4 is 10.1 Å². The maximum atomic E-state index is 11.6. The molecule has 0 aliphatic carbocycles. The van der Waals surface area contributed by atoms with E-state index in [1.54, 1.807) is 12.1 Å². The summed E-state index contributed by atoms with van der Waals surface area (Å²) in [6.07, 6.45) is 4.47. The van der Waals surface area contributed by atoms with Crippen LogP contribution in [0.5, 0.6) is 0 Å². The molecule has 2 aromatic carbocycles. The molecule has 0 bridgehead atoms. The maximum Gasteiger partial charge on any atom is 0.294 e. The van der Waals surface area contributed by atoms with E-state index in [9.17, 15) is 13.0 Å². The predicted octanol–water partition coefficient (Wildman–Crippen LogP) is 6.48. The van der Waals surface area contributed by atoms with Gasteiger partial charge in [-0.15, -0.1) is 0 Å². The molecule has 4 heteroatoms. The van der Waals surface area contributed by atoms with Gasteiger partial charge in [-0.1, -0.05) is 77.9 Å². The fraction of sp³-hybridized carbons (Fsp3) is 0.520. The second-order valence-electron chi connectivity index (χ2n) is 9.33. The Morgan fingerprint density at radius 3 is 1.83 bits per heavy atom. The lowest BCUT2D eigenvalue weighted by atomic mass is 9.75. The van der Waals surface area contributed by atoms with Crippen LogP contribution in [0.25, 0.3) is 0 Å². The van der Waals surface area contributed by atoms with E-state index < -0.39 is 10.1 Å². The summed E-state index contributed by atoms with van der Waals surface area (Å²) in [6, 6.07) is 13.7. The Morgan fingerprint density at radius 1 is 0.828 bits per heavy atom. The summed E-state index contributed by atoms with van der Waals surface area (Å²) in [5, 5.41) is 0. The van der Waals surface area contributed by atoms with E-state index in [0.29, 0.717) is 12.0 Å². The van der Waals surface area contributed by atoms with E-state index in [0.717, 1.165) is 25.7 Å². The molecule has 0 aliphatic rings. The lowest BCUT2D eigenvalue weighted by molar-refractivity contribution is 0.481. The van der Waals surface area contributed by atoms with Crippen molar-refractivity contribution in [2.24, 2.45) is 0 Å². The Bertz CT molecular complexity index is 906. The lowest BCUT2D eigenvalue weighted by Gasteiger charge is -2.29. The normalized spacial score (nSPS) is 12.9. The quantitative estimate of drug-likeness (QED) is 0.476. The number of rotatable bonds is 9. The summed E-state index contributed by atoms with van der Waals surface area (Å²) < 4.78 is 32.7. The van der Waals surface area contributed by atoms with Crippen LogP contribution in [0.15, 0.2) is 47.4 Å². The summed E-state index contributed by atoms with van der Waals surface area (Å²) in [5.74, 6) is 0. The first-order chi connectivity index (χ1) is 13.4. The van der Waals surface area contributed by atoms with E-state index in [-0.39, 0.29) is 15.7 Å². The third-order valence-electron chi connectivity index (χ3n) is 6.49. The Labute approximate surface area is 177 Å². The molecular formula is C25H36O3S. The zero-order valence-electron chi connectivity index (χ0n) is 18.7. The number of hydrogen-bond acceptors (Lipinski definition) is 2. The molecule has 0 saturated carbocycles. The Morgan fingerprint density at radius 2 is 1.34 bits per heavy atom. The largest absolute Gasteiger partial charge is 0.294 e. The highest BCUT2D eigenvalue weighted by molar-refractivity contribution is 7.85. The predicted molar refractivity (Wildman–Crippen MR) is 121 cm³/mol. The van der Waals surface area contributed by atoms with Crippen LogP contribution in [0.4, 0.5) is 0 Å². The Hall–Kier alpha value is -1.65.